The van der Waals surface area contributed by atoms with E-state index in [1.807, 2.05) is 34.6 Å². The first-order valence-corrected chi connectivity index (χ1v) is 4.23. The van der Waals surface area contributed by atoms with Gasteiger partial charge in [-0.1, -0.05) is 0 Å². The van der Waals surface area contributed by atoms with Crippen LogP contribution in [0, 0.1) is 0 Å². The van der Waals surface area contributed by atoms with Crippen molar-refractivity contribution in [3.05, 3.63) is 0 Å². The second kappa shape index (κ2) is 2.46. The van der Waals surface area contributed by atoms with E-state index in [0.717, 1.165) is 0 Å². The van der Waals surface area contributed by atoms with Gasteiger partial charge in [0, 0.05) is 5.54 Å². The van der Waals surface area contributed by atoms with Crippen molar-refractivity contribution in [3.8, 4) is 0 Å². The van der Waals surface area contributed by atoms with Gasteiger partial charge in [0.05, 0.1) is 0 Å². The van der Waals surface area contributed by atoms with Crippen LogP contribution in [-0.4, -0.2) is 23.2 Å². The zero-order chi connectivity index (χ0) is 9.57. The molecule has 0 aromatic carbocycles. The highest BCUT2D eigenvalue weighted by molar-refractivity contribution is 5.81. The van der Waals surface area contributed by atoms with Gasteiger partial charge in [-0.15, -0.1) is 0 Å². The van der Waals surface area contributed by atoms with Crippen LogP contribution >= 0.6 is 0 Å². The van der Waals surface area contributed by atoms with Crippen molar-refractivity contribution in [2.75, 3.05) is 0 Å². The fraction of sp³-hybridized carbons (Fsp3) is 0.889. The quantitative estimate of drug-likeness (QED) is 0.474. The molecule has 0 unspecified atom stereocenters. The van der Waals surface area contributed by atoms with Crippen LogP contribution in [0.25, 0.3) is 0 Å². The molecule has 0 saturated carbocycles. The second-order valence-corrected chi connectivity index (χ2v) is 4.83. The van der Waals surface area contributed by atoms with E-state index >= 15 is 0 Å². The lowest BCUT2D eigenvalue weighted by atomic mass is 10.1. The summed E-state index contributed by atoms with van der Waals surface area (Å²) in [7, 11) is 0. The Morgan fingerprint density at radius 3 is 2.08 bits per heavy atom. The van der Waals surface area contributed by atoms with E-state index in [4.69, 9.17) is 4.74 Å². The molecule has 1 heterocycles. The Hall–Kier alpha value is -0.570. The largest absolute Gasteiger partial charge is 0.459 e. The van der Waals surface area contributed by atoms with Gasteiger partial charge in [0.1, 0.15) is 11.6 Å². The van der Waals surface area contributed by atoms with E-state index in [2.05, 4.69) is 5.32 Å². The summed E-state index contributed by atoms with van der Waals surface area (Å²) in [6.45, 7) is 9.60. The molecule has 1 atom stereocenters. The molecule has 3 heteroatoms. The van der Waals surface area contributed by atoms with E-state index in [0.29, 0.717) is 0 Å². The number of hydrogen-bond acceptors (Lipinski definition) is 3. The molecular weight excluding hydrogens is 154 g/mol. The van der Waals surface area contributed by atoms with Crippen molar-refractivity contribution in [1.29, 1.82) is 0 Å². The van der Waals surface area contributed by atoms with Gasteiger partial charge in [0.2, 0.25) is 0 Å². The molecule has 1 saturated heterocycles. The van der Waals surface area contributed by atoms with Crippen molar-refractivity contribution < 1.29 is 9.53 Å². The standard InChI is InChI=1S/C9H17NO2/c1-8(2,3)12-7(11)6-9(4,5)10-6/h6,10H,1-5H3/t6-/m1/s1. The number of hydrogen-bond donors (Lipinski definition) is 1. The van der Waals surface area contributed by atoms with Crippen LogP contribution < -0.4 is 5.32 Å². The predicted octanol–water partition coefficient (Wildman–Crippen LogP) is 1.08. The van der Waals surface area contributed by atoms with Gasteiger partial charge in [0.25, 0.3) is 0 Å². The number of esters is 1. The minimum atomic E-state index is -0.378. The number of nitrogens with one attached hydrogen (secondary N) is 1. The van der Waals surface area contributed by atoms with Crippen LogP contribution in [0.4, 0.5) is 0 Å². The second-order valence-electron chi connectivity index (χ2n) is 4.83. The third-order valence-electron chi connectivity index (χ3n) is 1.80. The molecule has 0 aromatic rings. The predicted molar refractivity (Wildman–Crippen MR) is 46.8 cm³/mol. The fourth-order valence-electron chi connectivity index (χ4n) is 1.04. The van der Waals surface area contributed by atoms with Gasteiger partial charge >= 0.3 is 5.97 Å². The first kappa shape index (κ1) is 9.52. The van der Waals surface area contributed by atoms with E-state index in [1.165, 1.54) is 0 Å². The number of ether oxygens (including phenoxy) is 1. The van der Waals surface area contributed by atoms with E-state index in [-0.39, 0.29) is 23.2 Å². The molecule has 1 N–H and O–H groups in total. The lowest BCUT2D eigenvalue weighted by Gasteiger charge is -2.19. The van der Waals surface area contributed by atoms with Gasteiger partial charge in [-0.2, -0.15) is 0 Å². The molecule has 1 rings (SSSR count). The molecule has 1 aliphatic heterocycles. The highest BCUT2D eigenvalue weighted by Gasteiger charge is 2.51. The average molecular weight is 171 g/mol. The number of rotatable bonds is 1. The zero-order valence-electron chi connectivity index (χ0n) is 8.39. The summed E-state index contributed by atoms with van der Waals surface area (Å²) in [5.41, 5.74) is -0.445. The minimum Gasteiger partial charge on any atom is -0.459 e. The van der Waals surface area contributed by atoms with Gasteiger partial charge in [-0.05, 0) is 34.6 Å². The summed E-state index contributed by atoms with van der Waals surface area (Å²) in [5.74, 6) is -0.146. The van der Waals surface area contributed by atoms with Crippen LogP contribution in [-0.2, 0) is 9.53 Å². The van der Waals surface area contributed by atoms with Crippen molar-refractivity contribution in [2.45, 2.75) is 51.8 Å². The Bertz CT molecular complexity index is 203. The van der Waals surface area contributed by atoms with Crippen LogP contribution in [0.2, 0.25) is 0 Å². The molecule has 1 fully saturated rings. The monoisotopic (exact) mass is 171 g/mol. The van der Waals surface area contributed by atoms with Gasteiger partial charge in [-0.25, -0.2) is 0 Å². The third kappa shape index (κ3) is 2.21. The van der Waals surface area contributed by atoms with Gasteiger partial charge in [-0.3, -0.25) is 10.1 Å². The average Bonchev–Trinajstić information content (AvgIpc) is 2.35. The molecule has 0 aliphatic carbocycles. The molecule has 1 aliphatic rings. The maximum Gasteiger partial charge on any atom is 0.325 e. The summed E-state index contributed by atoms with van der Waals surface area (Å²) in [4.78, 5) is 11.4. The Morgan fingerprint density at radius 2 is 1.83 bits per heavy atom. The Morgan fingerprint density at radius 1 is 1.42 bits per heavy atom. The van der Waals surface area contributed by atoms with Crippen molar-refractivity contribution in [1.82, 2.24) is 5.32 Å². The number of carbonyl (C=O) groups is 1. The summed E-state index contributed by atoms with van der Waals surface area (Å²) >= 11 is 0. The molecule has 0 radical (unpaired) electrons. The highest BCUT2D eigenvalue weighted by atomic mass is 16.6. The molecular formula is C9H17NO2. The zero-order valence-corrected chi connectivity index (χ0v) is 8.39. The van der Waals surface area contributed by atoms with Crippen LogP contribution in [0.1, 0.15) is 34.6 Å². The first-order chi connectivity index (χ1) is 5.22. The Kier molecular flexibility index (Phi) is 1.95. The fourth-order valence-corrected chi connectivity index (χ4v) is 1.04. The van der Waals surface area contributed by atoms with Crippen LogP contribution in [0.3, 0.4) is 0 Å². The molecule has 0 bridgehead atoms. The van der Waals surface area contributed by atoms with Gasteiger partial charge < -0.3 is 4.74 Å². The normalized spacial score (nSPS) is 26.6. The van der Waals surface area contributed by atoms with Gasteiger partial charge in [0.15, 0.2) is 0 Å². The molecule has 70 valence electrons. The smallest absolute Gasteiger partial charge is 0.325 e. The maximum absolute atomic E-state index is 11.4. The first-order valence-electron chi connectivity index (χ1n) is 4.23. The van der Waals surface area contributed by atoms with E-state index in [1.54, 1.807) is 0 Å². The molecule has 3 nitrogen and oxygen atoms in total. The number of carbonyl (C=O) groups excluding carboxylic acids is 1. The van der Waals surface area contributed by atoms with E-state index < -0.39 is 0 Å². The minimum absolute atomic E-state index is 0.0671. The molecule has 0 spiro atoms. The van der Waals surface area contributed by atoms with E-state index in [9.17, 15) is 4.79 Å². The third-order valence-corrected chi connectivity index (χ3v) is 1.80. The summed E-state index contributed by atoms with van der Waals surface area (Å²) in [6, 6.07) is -0.114. The molecule has 0 aromatic heterocycles. The van der Waals surface area contributed by atoms with Crippen molar-refractivity contribution in [2.24, 2.45) is 0 Å². The summed E-state index contributed by atoms with van der Waals surface area (Å²) in [5, 5.41) is 3.06. The van der Waals surface area contributed by atoms with Crippen LogP contribution in [0.15, 0.2) is 0 Å². The van der Waals surface area contributed by atoms with Crippen molar-refractivity contribution in [3.63, 3.8) is 0 Å². The lowest BCUT2D eigenvalue weighted by molar-refractivity contribution is -0.154. The molecule has 0 amide bonds. The Balaban J connectivity index is 2.42. The SMILES string of the molecule is CC(C)(C)OC(=O)[C@H]1NC1(C)C. The summed E-state index contributed by atoms with van der Waals surface area (Å²) in [6.07, 6.45) is 0. The maximum atomic E-state index is 11.4. The lowest BCUT2D eigenvalue weighted by Crippen LogP contribution is -2.29. The Labute approximate surface area is 73.5 Å². The highest BCUT2D eigenvalue weighted by Crippen LogP contribution is 2.27. The van der Waals surface area contributed by atoms with Crippen LogP contribution in [0.5, 0.6) is 0 Å². The topological polar surface area (TPSA) is 48.2 Å². The summed E-state index contributed by atoms with van der Waals surface area (Å²) < 4.78 is 5.20. The van der Waals surface area contributed by atoms with Crippen molar-refractivity contribution >= 4 is 5.97 Å². The molecule has 12 heavy (non-hydrogen) atoms.